The van der Waals surface area contributed by atoms with Gasteiger partial charge in [0, 0.05) is 5.69 Å². The first-order valence-corrected chi connectivity index (χ1v) is 6.52. The summed E-state index contributed by atoms with van der Waals surface area (Å²) in [6.45, 7) is 6.66. The van der Waals surface area contributed by atoms with Crippen molar-refractivity contribution in [1.29, 1.82) is 0 Å². The van der Waals surface area contributed by atoms with Crippen molar-refractivity contribution in [3.05, 3.63) is 29.8 Å². The second kappa shape index (κ2) is 4.69. The Bertz CT molecular complexity index is 364. The average molecular weight is 233 g/mol. The van der Waals surface area contributed by atoms with Crippen molar-refractivity contribution < 1.29 is 5.11 Å². The number of nitrogens with one attached hydrogen (secondary N) is 1. The highest BCUT2D eigenvalue weighted by molar-refractivity contribution is 5.47. The van der Waals surface area contributed by atoms with Gasteiger partial charge in [0.15, 0.2) is 0 Å². The van der Waals surface area contributed by atoms with E-state index in [9.17, 15) is 5.11 Å². The molecule has 2 heteroatoms. The van der Waals surface area contributed by atoms with Crippen LogP contribution in [0.4, 0.5) is 5.69 Å². The van der Waals surface area contributed by atoms with Crippen LogP contribution in [0, 0.1) is 0 Å². The summed E-state index contributed by atoms with van der Waals surface area (Å²) in [5.74, 6) is 0. The first kappa shape index (κ1) is 12.4. The van der Waals surface area contributed by atoms with Crippen LogP contribution in [0.15, 0.2) is 24.3 Å². The van der Waals surface area contributed by atoms with Gasteiger partial charge in [-0.15, -0.1) is 0 Å². The zero-order valence-corrected chi connectivity index (χ0v) is 11.0. The minimum absolute atomic E-state index is 0.183. The third-order valence-corrected chi connectivity index (χ3v) is 3.58. The Labute approximate surface area is 104 Å². The first-order chi connectivity index (χ1) is 7.97. The number of aliphatic hydroxyl groups excluding tert-OH is 1. The van der Waals surface area contributed by atoms with Gasteiger partial charge in [-0.1, -0.05) is 32.9 Å². The average Bonchev–Trinajstić information content (AvgIpc) is 2.64. The van der Waals surface area contributed by atoms with Crippen LogP contribution in [-0.4, -0.2) is 17.3 Å². The lowest BCUT2D eigenvalue weighted by Gasteiger charge is -2.21. The molecular formula is C15H23NO. The van der Waals surface area contributed by atoms with E-state index in [1.54, 1.807) is 0 Å². The van der Waals surface area contributed by atoms with Gasteiger partial charge in [0.2, 0.25) is 0 Å². The molecule has 0 aromatic heterocycles. The minimum atomic E-state index is -0.183. The molecule has 1 aliphatic carbocycles. The molecule has 1 saturated carbocycles. The van der Waals surface area contributed by atoms with E-state index in [-0.39, 0.29) is 17.6 Å². The molecule has 0 bridgehead atoms. The SMILES string of the molecule is CC(C)(C)c1ccc(N[C@H]2CCC[C@@H]2O)cc1. The summed E-state index contributed by atoms with van der Waals surface area (Å²) < 4.78 is 0. The molecule has 17 heavy (non-hydrogen) atoms. The van der Waals surface area contributed by atoms with E-state index in [2.05, 4.69) is 50.4 Å². The van der Waals surface area contributed by atoms with Gasteiger partial charge < -0.3 is 10.4 Å². The van der Waals surface area contributed by atoms with E-state index in [1.807, 2.05) is 0 Å². The molecule has 0 amide bonds. The number of hydrogen-bond acceptors (Lipinski definition) is 2. The minimum Gasteiger partial charge on any atom is -0.391 e. The molecule has 2 rings (SSSR count). The van der Waals surface area contributed by atoms with Crippen LogP contribution in [0.5, 0.6) is 0 Å². The fourth-order valence-corrected chi connectivity index (χ4v) is 2.39. The maximum absolute atomic E-state index is 9.77. The van der Waals surface area contributed by atoms with Crippen molar-refractivity contribution in [2.45, 2.75) is 57.6 Å². The molecule has 2 nitrogen and oxygen atoms in total. The summed E-state index contributed by atoms with van der Waals surface area (Å²) in [6, 6.07) is 8.81. The monoisotopic (exact) mass is 233 g/mol. The number of benzene rings is 1. The number of hydrogen-bond donors (Lipinski definition) is 2. The Morgan fingerprint density at radius 2 is 1.76 bits per heavy atom. The van der Waals surface area contributed by atoms with Gasteiger partial charge in [-0.05, 0) is 42.4 Å². The summed E-state index contributed by atoms with van der Waals surface area (Å²) in [6.07, 6.45) is 2.94. The second-order valence-electron chi connectivity index (χ2n) is 6.08. The molecule has 0 radical (unpaired) electrons. The van der Waals surface area contributed by atoms with Crippen LogP contribution in [0.2, 0.25) is 0 Å². The van der Waals surface area contributed by atoms with Gasteiger partial charge in [0.05, 0.1) is 12.1 Å². The van der Waals surface area contributed by atoms with Gasteiger partial charge >= 0.3 is 0 Å². The fourth-order valence-electron chi connectivity index (χ4n) is 2.39. The van der Waals surface area contributed by atoms with E-state index < -0.39 is 0 Å². The second-order valence-corrected chi connectivity index (χ2v) is 6.08. The third-order valence-electron chi connectivity index (χ3n) is 3.58. The van der Waals surface area contributed by atoms with Crippen molar-refractivity contribution >= 4 is 5.69 Å². The summed E-state index contributed by atoms with van der Waals surface area (Å²) >= 11 is 0. The van der Waals surface area contributed by atoms with Crippen molar-refractivity contribution in [1.82, 2.24) is 0 Å². The third kappa shape index (κ3) is 3.01. The molecule has 1 aliphatic rings. The van der Waals surface area contributed by atoms with Gasteiger partial charge in [-0.3, -0.25) is 0 Å². The highest BCUT2D eigenvalue weighted by Crippen LogP contribution is 2.26. The molecule has 0 spiro atoms. The van der Waals surface area contributed by atoms with Gasteiger partial charge in [-0.2, -0.15) is 0 Å². The Balaban J connectivity index is 2.03. The lowest BCUT2D eigenvalue weighted by molar-refractivity contribution is 0.172. The van der Waals surface area contributed by atoms with E-state index >= 15 is 0 Å². The zero-order valence-electron chi connectivity index (χ0n) is 11.0. The van der Waals surface area contributed by atoms with Crippen LogP contribution in [-0.2, 0) is 5.41 Å². The van der Waals surface area contributed by atoms with Gasteiger partial charge in [0.25, 0.3) is 0 Å². The Kier molecular flexibility index (Phi) is 3.43. The van der Waals surface area contributed by atoms with E-state index in [0.717, 1.165) is 24.9 Å². The highest BCUT2D eigenvalue weighted by atomic mass is 16.3. The Morgan fingerprint density at radius 1 is 1.12 bits per heavy atom. The summed E-state index contributed by atoms with van der Waals surface area (Å²) in [7, 11) is 0. The van der Waals surface area contributed by atoms with Crippen LogP contribution in [0.1, 0.15) is 45.6 Å². The summed E-state index contributed by atoms with van der Waals surface area (Å²) in [4.78, 5) is 0. The smallest absolute Gasteiger partial charge is 0.0741 e. The van der Waals surface area contributed by atoms with Crippen LogP contribution in [0.3, 0.4) is 0 Å². The molecular weight excluding hydrogens is 210 g/mol. The molecule has 0 unspecified atom stereocenters. The predicted molar refractivity (Wildman–Crippen MR) is 72.4 cm³/mol. The Morgan fingerprint density at radius 3 is 2.24 bits per heavy atom. The van der Waals surface area contributed by atoms with Gasteiger partial charge in [0.1, 0.15) is 0 Å². The van der Waals surface area contributed by atoms with Crippen LogP contribution >= 0.6 is 0 Å². The van der Waals surface area contributed by atoms with E-state index in [0.29, 0.717) is 0 Å². The first-order valence-electron chi connectivity index (χ1n) is 6.52. The van der Waals surface area contributed by atoms with Crippen molar-refractivity contribution in [3.8, 4) is 0 Å². The molecule has 2 atom stereocenters. The molecule has 1 aromatic rings. The standard InChI is InChI=1S/C15H23NO/c1-15(2,3)11-7-9-12(10-8-11)16-13-5-4-6-14(13)17/h7-10,13-14,16-17H,4-6H2,1-3H3/t13-,14-/m0/s1. The molecule has 0 aliphatic heterocycles. The molecule has 0 heterocycles. The molecule has 94 valence electrons. The maximum Gasteiger partial charge on any atom is 0.0741 e. The number of aliphatic hydroxyl groups is 1. The molecule has 2 N–H and O–H groups in total. The topological polar surface area (TPSA) is 32.3 Å². The van der Waals surface area contributed by atoms with Gasteiger partial charge in [-0.25, -0.2) is 0 Å². The van der Waals surface area contributed by atoms with E-state index in [4.69, 9.17) is 0 Å². The molecule has 1 aromatic carbocycles. The van der Waals surface area contributed by atoms with Crippen molar-refractivity contribution in [2.75, 3.05) is 5.32 Å². The fraction of sp³-hybridized carbons (Fsp3) is 0.600. The zero-order chi connectivity index (χ0) is 12.5. The molecule has 1 fully saturated rings. The predicted octanol–water partition coefficient (Wildman–Crippen LogP) is 3.31. The number of anilines is 1. The van der Waals surface area contributed by atoms with Crippen LogP contribution < -0.4 is 5.32 Å². The van der Waals surface area contributed by atoms with Crippen molar-refractivity contribution in [3.63, 3.8) is 0 Å². The summed E-state index contributed by atoms with van der Waals surface area (Å²) in [5.41, 5.74) is 2.66. The quantitative estimate of drug-likeness (QED) is 0.821. The highest BCUT2D eigenvalue weighted by Gasteiger charge is 2.24. The largest absolute Gasteiger partial charge is 0.391 e. The lowest BCUT2D eigenvalue weighted by Crippen LogP contribution is -2.27. The normalized spacial score (nSPS) is 24.9. The van der Waals surface area contributed by atoms with Crippen LogP contribution in [0.25, 0.3) is 0 Å². The number of rotatable bonds is 2. The summed E-state index contributed by atoms with van der Waals surface area (Å²) in [5, 5.41) is 13.2. The molecule has 0 saturated heterocycles. The maximum atomic E-state index is 9.77. The lowest BCUT2D eigenvalue weighted by atomic mass is 9.87. The Hall–Kier alpha value is -1.02. The van der Waals surface area contributed by atoms with Crippen molar-refractivity contribution in [2.24, 2.45) is 0 Å². The van der Waals surface area contributed by atoms with E-state index in [1.165, 1.54) is 5.56 Å².